The van der Waals surface area contributed by atoms with Gasteiger partial charge in [0.25, 0.3) is 5.91 Å². The number of carbonyl (C=O) groups is 4. The molecule has 0 atom stereocenters. The Morgan fingerprint density at radius 1 is 1.00 bits per heavy atom. The number of nitrogens with one attached hydrogen (secondary N) is 1. The van der Waals surface area contributed by atoms with E-state index < -0.39 is 11.7 Å². The van der Waals surface area contributed by atoms with Gasteiger partial charge in [0.1, 0.15) is 11.3 Å². The molecule has 3 N–H and O–H groups in total. The van der Waals surface area contributed by atoms with Crippen molar-refractivity contribution >= 4 is 40.4 Å². The molecule has 4 aromatic rings. The van der Waals surface area contributed by atoms with E-state index in [2.05, 4.69) is 28.9 Å². The molecule has 0 radical (unpaired) electrons. The molecule has 6 rings (SSSR count). The summed E-state index contributed by atoms with van der Waals surface area (Å²) in [5.74, 6) is -0.497. The smallest absolute Gasteiger partial charge is 0.435 e. The van der Waals surface area contributed by atoms with E-state index >= 15 is 0 Å². The van der Waals surface area contributed by atoms with Crippen LogP contribution in [0.1, 0.15) is 49.2 Å². The Kier molecular flexibility index (Phi) is 9.23. The number of nitrogen functional groups attached to an aromatic ring is 1. The number of amides is 3. The largest absolute Gasteiger partial charge is 0.442 e. The average Bonchev–Trinajstić information content (AvgIpc) is 3.62. The molecule has 2 aliphatic heterocycles. The van der Waals surface area contributed by atoms with Crippen molar-refractivity contribution in [3.8, 4) is 22.4 Å². The third-order valence-electron chi connectivity index (χ3n) is 9.11. The maximum absolute atomic E-state index is 13.5. The SMILES string of the molecule is C=C(CN1Cc2c(-c3ccc4c(c3)c(-c3cccc(CN5CCN(C(C)=O)CC5)c3)nn4C(=O)OC(C)(C)C)ccc(N)c2C1=O)C(=O)NC. The van der Waals surface area contributed by atoms with Crippen molar-refractivity contribution in [3.63, 3.8) is 0 Å². The van der Waals surface area contributed by atoms with Gasteiger partial charge in [-0.05, 0) is 67.3 Å². The number of hydrogen-bond acceptors (Lipinski definition) is 8. The Morgan fingerprint density at radius 3 is 2.42 bits per heavy atom. The first kappa shape index (κ1) is 34.4. The van der Waals surface area contributed by atoms with Crippen molar-refractivity contribution in [1.29, 1.82) is 0 Å². The molecule has 12 nitrogen and oxygen atoms in total. The molecule has 3 aromatic carbocycles. The van der Waals surface area contributed by atoms with Crippen LogP contribution in [0.5, 0.6) is 0 Å². The lowest BCUT2D eigenvalue weighted by Gasteiger charge is -2.34. The highest BCUT2D eigenvalue weighted by Crippen LogP contribution is 2.39. The molecule has 1 saturated heterocycles. The van der Waals surface area contributed by atoms with Gasteiger partial charge in [0.15, 0.2) is 0 Å². The van der Waals surface area contributed by atoms with Crippen LogP contribution >= 0.6 is 0 Å². The first-order valence-electron chi connectivity index (χ1n) is 16.7. The number of piperazine rings is 1. The molecule has 3 heterocycles. The molecule has 260 valence electrons. The van der Waals surface area contributed by atoms with Crippen LogP contribution in [0.2, 0.25) is 0 Å². The molecule has 0 saturated carbocycles. The minimum atomic E-state index is -0.728. The third-order valence-corrected chi connectivity index (χ3v) is 9.11. The Bertz CT molecular complexity index is 2030. The topological polar surface area (TPSA) is 143 Å². The molecule has 2 aliphatic rings. The first-order valence-corrected chi connectivity index (χ1v) is 16.7. The van der Waals surface area contributed by atoms with Gasteiger partial charge in [0, 0.05) is 75.5 Å². The number of ether oxygens (including phenoxy) is 1. The number of nitrogens with two attached hydrogens (primary N) is 1. The fourth-order valence-electron chi connectivity index (χ4n) is 6.62. The van der Waals surface area contributed by atoms with Crippen molar-refractivity contribution in [1.82, 2.24) is 29.8 Å². The average molecular weight is 678 g/mol. The number of hydrogen-bond donors (Lipinski definition) is 2. The summed E-state index contributed by atoms with van der Waals surface area (Å²) in [5, 5.41) is 8.11. The Hall–Kier alpha value is -5.49. The van der Waals surface area contributed by atoms with Gasteiger partial charge in [-0.2, -0.15) is 9.78 Å². The molecule has 0 bridgehead atoms. The van der Waals surface area contributed by atoms with Crippen molar-refractivity contribution in [2.24, 2.45) is 0 Å². The van der Waals surface area contributed by atoms with E-state index in [0.29, 0.717) is 42.1 Å². The Morgan fingerprint density at radius 2 is 1.74 bits per heavy atom. The molecule has 0 aliphatic carbocycles. The summed E-state index contributed by atoms with van der Waals surface area (Å²) in [7, 11) is 1.52. The third kappa shape index (κ3) is 6.84. The monoisotopic (exact) mass is 677 g/mol. The summed E-state index contributed by atoms with van der Waals surface area (Å²) in [6.07, 6.45) is -0.591. The summed E-state index contributed by atoms with van der Waals surface area (Å²) in [4.78, 5) is 56.7. The zero-order chi connectivity index (χ0) is 35.9. The van der Waals surface area contributed by atoms with Crippen LogP contribution in [0, 0.1) is 0 Å². The predicted molar refractivity (Wildman–Crippen MR) is 192 cm³/mol. The van der Waals surface area contributed by atoms with Crippen molar-refractivity contribution in [3.05, 3.63) is 83.4 Å². The van der Waals surface area contributed by atoms with Gasteiger partial charge in [0.05, 0.1) is 17.6 Å². The Balaban J connectivity index is 1.39. The maximum Gasteiger partial charge on any atom is 0.435 e. The zero-order valence-corrected chi connectivity index (χ0v) is 29.2. The van der Waals surface area contributed by atoms with Crippen LogP contribution < -0.4 is 11.1 Å². The lowest BCUT2D eigenvalue weighted by Crippen LogP contribution is -2.47. The zero-order valence-electron chi connectivity index (χ0n) is 29.2. The number of rotatable bonds is 7. The van der Waals surface area contributed by atoms with E-state index in [4.69, 9.17) is 15.6 Å². The van der Waals surface area contributed by atoms with Crippen molar-refractivity contribution in [2.75, 3.05) is 45.5 Å². The van der Waals surface area contributed by atoms with E-state index in [1.807, 2.05) is 62.1 Å². The Labute approximate surface area is 291 Å². The second-order valence-electron chi connectivity index (χ2n) is 13.9. The number of aromatic nitrogens is 2. The number of nitrogens with zero attached hydrogens (tertiary/aromatic N) is 5. The molecule has 0 unspecified atom stereocenters. The number of fused-ring (bicyclic) bond motifs is 2. The van der Waals surface area contributed by atoms with Gasteiger partial charge in [-0.15, -0.1) is 0 Å². The van der Waals surface area contributed by atoms with E-state index in [0.717, 1.165) is 46.3 Å². The predicted octanol–water partition coefficient (Wildman–Crippen LogP) is 4.66. The van der Waals surface area contributed by atoms with Crippen LogP contribution in [0.4, 0.5) is 10.5 Å². The highest BCUT2D eigenvalue weighted by atomic mass is 16.6. The fraction of sp³-hybridized carbons (Fsp3) is 0.342. The lowest BCUT2D eigenvalue weighted by molar-refractivity contribution is -0.130. The minimum absolute atomic E-state index is 0.0701. The number of anilines is 1. The van der Waals surface area contributed by atoms with Crippen molar-refractivity contribution in [2.45, 2.75) is 46.4 Å². The van der Waals surface area contributed by atoms with Crippen molar-refractivity contribution < 1.29 is 23.9 Å². The fourth-order valence-corrected chi connectivity index (χ4v) is 6.62. The van der Waals surface area contributed by atoms with Gasteiger partial charge < -0.3 is 25.6 Å². The van der Waals surface area contributed by atoms with E-state index in [1.165, 1.54) is 11.7 Å². The standard InChI is InChI=1S/C38H43N7O5/c1-23(35(47)40-6)20-44-22-30-28(11-12-31(39)33(30)36(44)48)26-10-13-32-29(19-26)34(41-45(32)37(49)50-38(3,4)5)27-9-7-8-25(18-27)21-42-14-16-43(17-15-42)24(2)46/h7-13,18-19H,1,14-17,20-22,39H2,2-6H3,(H,40,47). The van der Waals surface area contributed by atoms with Gasteiger partial charge in [-0.25, -0.2) is 4.79 Å². The molecule has 3 amide bonds. The summed E-state index contributed by atoms with van der Waals surface area (Å²) < 4.78 is 7.04. The molecule has 1 fully saturated rings. The normalized spacial score (nSPS) is 14.9. The summed E-state index contributed by atoms with van der Waals surface area (Å²) in [6, 6.07) is 17.4. The number of benzene rings is 3. The van der Waals surface area contributed by atoms with E-state index in [9.17, 15) is 19.2 Å². The van der Waals surface area contributed by atoms with Crippen LogP contribution in [0.15, 0.2) is 66.7 Å². The molecular formula is C38H43N7O5. The highest BCUT2D eigenvalue weighted by Gasteiger charge is 2.33. The van der Waals surface area contributed by atoms with Crippen LogP contribution in [0.25, 0.3) is 33.3 Å². The van der Waals surface area contributed by atoms with Gasteiger partial charge in [0.2, 0.25) is 11.8 Å². The first-order chi connectivity index (χ1) is 23.7. The van der Waals surface area contributed by atoms with Crippen LogP contribution in [-0.2, 0) is 27.4 Å². The minimum Gasteiger partial charge on any atom is -0.442 e. The molecular weight excluding hydrogens is 634 g/mol. The van der Waals surface area contributed by atoms with Gasteiger partial charge in [-0.1, -0.05) is 36.9 Å². The maximum atomic E-state index is 13.5. The number of carbonyl (C=O) groups excluding carboxylic acids is 4. The lowest BCUT2D eigenvalue weighted by atomic mass is 9.94. The summed E-state index contributed by atoms with van der Waals surface area (Å²) in [6.45, 7) is 14.9. The van der Waals surface area contributed by atoms with Crippen LogP contribution in [-0.4, -0.2) is 93.7 Å². The molecule has 0 spiro atoms. The second-order valence-corrected chi connectivity index (χ2v) is 13.9. The molecule has 1 aromatic heterocycles. The molecule has 50 heavy (non-hydrogen) atoms. The molecule has 12 heteroatoms. The summed E-state index contributed by atoms with van der Waals surface area (Å²) >= 11 is 0. The highest BCUT2D eigenvalue weighted by molar-refractivity contribution is 6.07. The van der Waals surface area contributed by atoms with E-state index in [1.54, 1.807) is 17.9 Å². The quantitative estimate of drug-likeness (QED) is 0.213. The van der Waals surface area contributed by atoms with Gasteiger partial charge >= 0.3 is 6.09 Å². The summed E-state index contributed by atoms with van der Waals surface area (Å²) in [5.41, 5.74) is 12.2. The van der Waals surface area contributed by atoms with Gasteiger partial charge in [-0.3, -0.25) is 19.3 Å². The number of likely N-dealkylation sites (N-methyl/N-ethyl adjacent to an activating group) is 1. The van der Waals surface area contributed by atoms with E-state index in [-0.39, 0.29) is 36.4 Å². The van der Waals surface area contributed by atoms with Crippen LogP contribution in [0.3, 0.4) is 0 Å². The second kappa shape index (κ2) is 13.4.